The summed E-state index contributed by atoms with van der Waals surface area (Å²) >= 11 is 0. The molecule has 4 saturated carbocycles. The van der Waals surface area contributed by atoms with Crippen molar-refractivity contribution in [1.29, 1.82) is 0 Å². The Balaban J connectivity index is 1.61. The maximum absolute atomic E-state index is 2.71. The van der Waals surface area contributed by atoms with Gasteiger partial charge in [0.2, 0.25) is 0 Å². The summed E-state index contributed by atoms with van der Waals surface area (Å²) in [7, 11) is 0. The number of fused-ring (bicyclic) bond motifs is 5. The maximum atomic E-state index is 2.71. The van der Waals surface area contributed by atoms with Crippen LogP contribution in [0.5, 0.6) is 0 Å². The normalized spacial score (nSPS) is 56.4. The van der Waals surface area contributed by atoms with Gasteiger partial charge in [-0.25, -0.2) is 0 Å². The minimum absolute atomic E-state index is 0.722. The van der Waals surface area contributed by atoms with E-state index in [0.29, 0.717) is 0 Å². The van der Waals surface area contributed by atoms with Gasteiger partial charge in [0.05, 0.1) is 0 Å². The van der Waals surface area contributed by atoms with Crippen LogP contribution in [0.2, 0.25) is 0 Å². The molecule has 0 radical (unpaired) electrons. The minimum atomic E-state index is 0.722. The van der Waals surface area contributed by atoms with Crippen LogP contribution in [-0.4, -0.2) is 0 Å². The molecule has 2 unspecified atom stereocenters. The van der Waals surface area contributed by atoms with Gasteiger partial charge in [0.1, 0.15) is 0 Å². The van der Waals surface area contributed by atoms with Crippen molar-refractivity contribution >= 4 is 0 Å². The molecule has 7 atom stereocenters. The van der Waals surface area contributed by atoms with Crippen LogP contribution in [0.1, 0.15) is 91.4 Å². The summed E-state index contributed by atoms with van der Waals surface area (Å²) in [5.74, 6) is 5.40. The SMILES string of the molecule is CCC1C[C@H]2[C@@H]3CCC4CCCC[C@]4(C)[C@@H]3CC[C@]2(C)C1. The molecule has 0 spiro atoms. The summed E-state index contributed by atoms with van der Waals surface area (Å²) in [4.78, 5) is 0. The van der Waals surface area contributed by atoms with Crippen LogP contribution in [0.4, 0.5) is 0 Å². The molecule has 0 N–H and O–H groups in total. The lowest BCUT2D eigenvalue weighted by Gasteiger charge is -2.60. The highest BCUT2D eigenvalue weighted by atomic mass is 14.6. The van der Waals surface area contributed by atoms with Crippen molar-refractivity contribution in [3.05, 3.63) is 0 Å². The summed E-state index contributed by atoms with van der Waals surface area (Å²) in [5, 5.41) is 0. The van der Waals surface area contributed by atoms with Crippen LogP contribution in [0.15, 0.2) is 0 Å². The van der Waals surface area contributed by atoms with Crippen molar-refractivity contribution in [2.75, 3.05) is 0 Å². The zero-order valence-electron chi connectivity index (χ0n) is 14.7. The number of hydrogen-bond acceptors (Lipinski definition) is 0. The van der Waals surface area contributed by atoms with Crippen molar-refractivity contribution < 1.29 is 0 Å². The summed E-state index contributed by atoms with van der Waals surface area (Å²) in [6.45, 7) is 7.81. The van der Waals surface area contributed by atoms with E-state index in [-0.39, 0.29) is 0 Å². The number of rotatable bonds is 1. The summed E-state index contributed by atoms with van der Waals surface area (Å²) in [6, 6.07) is 0. The zero-order chi connectivity index (χ0) is 14.7. The number of hydrogen-bond donors (Lipinski definition) is 0. The van der Waals surface area contributed by atoms with E-state index in [1.165, 1.54) is 19.3 Å². The molecule has 0 heteroatoms. The van der Waals surface area contributed by atoms with Gasteiger partial charge >= 0.3 is 0 Å². The van der Waals surface area contributed by atoms with Gasteiger partial charge in [0.15, 0.2) is 0 Å². The van der Waals surface area contributed by atoms with Crippen LogP contribution >= 0.6 is 0 Å². The van der Waals surface area contributed by atoms with Crippen molar-refractivity contribution in [3.63, 3.8) is 0 Å². The van der Waals surface area contributed by atoms with Crippen molar-refractivity contribution in [3.8, 4) is 0 Å². The Labute approximate surface area is 132 Å². The Morgan fingerprint density at radius 2 is 1.76 bits per heavy atom. The molecule has 0 nitrogen and oxygen atoms in total. The average Bonchev–Trinajstić information content (AvgIpc) is 2.83. The Bertz CT molecular complexity index is 399. The van der Waals surface area contributed by atoms with E-state index >= 15 is 0 Å². The molecule has 120 valence electrons. The van der Waals surface area contributed by atoms with E-state index < -0.39 is 0 Å². The van der Waals surface area contributed by atoms with E-state index in [4.69, 9.17) is 0 Å². The third kappa shape index (κ3) is 2.07. The largest absolute Gasteiger partial charge is 0.0651 e. The molecule has 4 aliphatic rings. The monoisotopic (exact) mass is 288 g/mol. The van der Waals surface area contributed by atoms with Crippen LogP contribution < -0.4 is 0 Å². The highest BCUT2D eigenvalue weighted by Crippen LogP contribution is 2.67. The molecule has 4 rings (SSSR count). The topological polar surface area (TPSA) is 0 Å². The second kappa shape index (κ2) is 5.00. The fourth-order valence-corrected chi connectivity index (χ4v) is 7.82. The van der Waals surface area contributed by atoms with Crippen LogP contribution in [0.3, 0.4) is 0 Å². The molecule has 4 fully saturated rings. The predicted octanol–water partition coefficient (Wildman–Crippen LogP) is 6.45. The molecule has 0 bridgehead atoms. The quantitative estimate of drug-likeness (QED) is 0.520. The standard InChI is InChI=1S/C21H36/c1-4-15-13-19-17-9-8-16-7-5-6-11-21(16,3)18(17)10-12-20(19,2)14-15/h15-19H,4-14H2,1-3H3/t15?,16?,17-,18-,19+,20-,21+/m1/s1. The first-order valence-corrected chi connectivity index (χ1v) is 10.1. The van der Waals surface area contributed by atoms with Crippen LogP contribution in [-0.2, 0) is 0 Å². The van der Waals surface area contributed by atoms with E-state index in [2.05, 4.69) is 20.8 Å². The fraction of sp³-hybridized carbons (Fsp3) is 1.00. The maximum Gasteiger partial charge on any atom is -0.0266 e. The van der Waals surface area contributed by atoms with E-state index in [1.807, 2.05) is 0 Å². The lowest BCUT2D eigenvalue weighted by atomic mass is 9.45. The third-order valence-corrected chi connectivity index (χ3v) is 9.02. The summed E-state index contributed by atoms with van der Waals surface area (Å²) in [6.07, 6.45) is 17.0. The van der Waals surface area contributed by atoms with Gasteiger partial charge < -0.3 is 0 Å². The van der Waals surface area contributed by atoms with Crippen LogP contribution in [0, 0.1) is 40.4 Å². The molecular formula is C21H36. The first-order valence-electron chi connectivity index (χ1n) is 10.1. The smallest absolute Gasteiger partial charge is 0.0266 e. The highest BCUT2D eigenvalue weighted by Gasteiger charge is 2.58. The first-order chi connectivity index (χ1) is 10.1. The third-order valence-electron chi connectivity index (χ3n) is 9.02. The molecule has 0 aromatic heterocycles. The molecule has 0 aliphatic heterocycles. The Morgan fingerprint density at radius 3 is 2.57 bits per heavy atom. The summed E-state index contributed by atoms with van der Waals surface area (Å²) < 4.78 is 0. The van der Waals surface area contributed by atoms with Crippen molar-refractivity contribution in [1.82, 2.24) is 0 Å². The molecule has 0 heterocycles. The van der Waals surface area contributed by atoms with Gasteiger partial charge in [0.25, 0.3) is 0 Å². The molecule has 0 aromatic carbocycles. The van der Waals surface area contributed by atoms with Gasteiger partial charge in [-0.1, -0.05) is 40.0 Å². The Hall–Kier alpha value is 0. The fourth-order valence-electron chi connectivity index (χ4n) is 7.82. The van der Waals surface area contributed by atoms with Gasteiger partial charge in [0, 0.05) is 0 Å². The molecular weight excluding hydrogens is 252 g/mol. The van der Waals surface area contributed by atoms with Gasteiger partial charge in [-0.15, -0.1) is 0 Å². The van der Waals surface area contributed by atoms with Crippen molar-refractivity contribution in [2.45, 2.75) is 91.4 Å². The molecule has 21 heavy (non-hydrogen) atoms. The molecule has 0 amide bonds. The molecule has 4 aliphatic carbocycles. The second-order valence-corrected chi connectivity index (χ2v) is 9.81. The Kier molecular flexibility index (Phi) is 3.47. The first kappa shape index (κ1) is 14.6. The zero-order valence-corrected chi connectivity index (χ0v) is 14.7. The van der Waals surface area contributed by atoms with Gasteiger partial charge in [-0.2, -0.15) is 0 Å². The Morgan fingerprint density at radius 1 is 0.905 bits per heavy atom. The average molecular weight is 289 g/mol. The summed E-state index contributed by atoms with van der Waals surface area (Å²) in [5.41, 5.74) is 1.45. The second-order valence-electron chi connectivity index (χ2n) is 9.81. The van der Waals surface area contributed by atoms with Crippen LogP contribution in [0.25, 0.3) is 0 Å². The van der Waals surface area contributed by atoms with Gasteiger partial charge in [-0.3, -0.25) is 0 Å². The van der Waals surface area contributed by atoms with E-state index in [9.17, 15) is 0 Å². The van der Waals surface area contributed by atoms with Crippen molar-refractivity contribution in [2.24, 2.45) is 40.4 Å². The lowest BCUT2D eigenvalue weighted by Crippen LogP contribution is -2.51. The van der Waals surface area contributed by atoms with E-state index in [1.54, 1.807) is 51.4 Å². The predicted molar refractivity (Wildman–Crippen MR) is 90.1 cm³/mol. The van der Waals surface area contributed by atoms with Gasteiger partial charge in [-0.05, 0) is 91.8 Å². The lowest BCUT2D eigenvalue weighted by molar-refractivity contribution is -0.103. The molecule has 0 aromatic rings. The minimum Gasteiger partial charge on any atom is -0.0651 e. The molecule has 0 saturated heterocycles. The van der Waals surface area contributed by atoms with E-state index in [0.717, 1.165) is 40.4 Å². The highest BCUT2D eigenvalue weighted by molar-refractivity contribution is 5.07.